The number of aliphatic hydroxyl groups excluding tert-OH is 1. The maximum atomic E-state index is 11.0. The molecule has 3 aliphatic heterocycles. The van der Waals surface area contributed by atoms with Gasteiger partial charge in [0.2, 0.25) is 6.79 Å². The average Bonchev–Trinajstić information content (AvgIpc) is 3.21. The minimum atomic E-state index is -0.599. The third-order valence-corrected chi connectivity index (χ3v) is 5.99. The average molecular weight is 315 g/mol. The Morgan fingerprint density at radius 1 is 1.26 bits per heavy atom. The zero-order valence-corrected chi connectivity index (χ0v) is 13.2. The van der Waals surface area contributed by atoms with E-state index in [1.54, 1.807) is 7.11 Å². The molecule has 1 fully saturated rings. The van der Waals surface area contributed by atoms with Crippen LogP contribution in [0, 0.1) is 0 Å². The van der Waals surface area contributed by atoms with Crippen LogP contribution < -0.4 is 9.47 Å². The van der Waals surface area contributed by atoms with Crippen LogP contribution in [0.25, 0.3) is 0 Å². The molecular weight excluding hydrogens is 294 g/mol. The summed E-state index contributed by atoms with van der Waals surface area (Å²) in [5, 5.41) is 11.0. The van der Waals surface area contributed by atoms with Crippen molar-refractivity contribution in [2.75, 3.05) is 27.0 Å². The smallest absolute Gasteiger partial charge is 0.231 e. The molecule has 0 amide bonds. The number of nitrogens with zero attached hydrogens (tertiary/aromatic N) is 1. The highest BCUT2D eigenvalue weighted by atomic mass is 16.7. The van der Waals surface area contributed by atoms with Gasteiger partial charge in [0.15, 0.2) is 11.5 Å². The molecule has 1 spiro atoms. The Morgan fingerprint density at radius 3 is 2.91 bits per heavy atom. The van der Waals surface area contributed by atoms with E-state index in [0.29, 0.717) is 5.76 Å². The molecule has 1 aromatic rings. The number of methoxy groups -OCH3 is 1. The van der Waals surface area contributed by atoms with Gasteiger partial charge in [-0.15, -0.1) is 0 Å². The topological polar surface area (TPSA) is 51.2 Å². The quantitative estimate of drug-likeness (QED) is 0.856. The summed E-state index contributed by atoms with van der Waals surface area (Å²) in [6, 6.07) is 4.19. The van der Waals surface area contributed by atoms with E-state index in [9.17, 15) is 5.11 Å². The van der Waals surface area contributed by atoms with Gasteiger partial charge < -0.3 is 19.3 Å². The Hall–Kier alpha value is -1.72. The Kier molecular flexibility index (Phi) is 2.77. The van der Waals surface area contributed by atoms with Crippen LogP contribution in [0.15, 0.2) is 24.0 Å². The van der Waals surface area contributed by atoms with E-state index < -0.39 is 6.10 Å². The number of rotatable bonds is 1. The van der Waals surface area contributed by atoms with E-state index in [2.05, 4.69) is 23.1 Å². The maximum absolute atomic E-state index is 11.0. The molecule has 3 heterocycles. The van der Waals surface area contributed by atoms with Gasteiger partial charge in [-0.3, -0.25) is 4.90 Å². The fourth-order valence-corrected chi connectivity index (χ4v) is 4.99. The maximum Gasteiger partial charge on any atom is 0.231 e. The summed E-state index contributed by atoms with van der Waals surface area (Å²) >= 11 is 0. The highest BCUT2D eigenvalue weighted by Gasteiger charge is 2.56. The van der Waals surface area contributed by atoms with E-state index >= 15 is 0 Å². The van der Waals surface area contributed by atoms with Gasteiger partial charge in [0, 0.05) is 12.5 Å². The molecule has 5 nitrogen and oxygen atoms in total. The monoisotopic (exact) mass is 315 g/mol. The fourth-order valence-electron chi connectivity index (χ4n) is 4.99. The Balaban J connectivity index is 1.70. The third-order valence-electron chi connectivity index (χ3n) is 5.99. The molecule has 0 radical (unpaired) electrons. The molecule has 5 heteroatoms. The SMILES string of the molecule is COC1=C[C@]23CCCN2CCc2cc4c(cc2C3C1O)OCO4. The summed E-state index contributed by atoms with van der Waals surface area (Å²) in [6.07, 6.45) is 4.78. The van der Waals surface area contributed by atoms with Crippen LogP contribution in [-0.4, -0.2) is 48.6 Å². The van der Waals surface area contributed by atoms with Gasteiger partial charge in [-0.05, 0) is 55.1 Å². The van der Waals surface area contributed by atoms with Crippen LogP contribution in [0.1, 0.15) is 29.9 Å². The molecule has 1 aliphatic carbocycles. The molecule has 23 heavy (non-hydrogen) atoms. The Labute approximate surface area is 135 Å². The van der Waals surface area contributed by atoms with Gasteiger partial charge in [0.05, 0.1) is 12.6 Å². The van der Waals surface area contributed by atoms with Crippen LogP contribution >= 0.6 is 0 Å². The summed E-state index contributed by atoms with van der Waals surface area (Å²) in [4.78, 5) is 2.53. The second-order valence-electron chi connectivity index (χ2n) is 6.91. The lowest BCUT2D eigenvalue weighted by atomic mass is 9.78. The number of benzene rings is 1. The highest BCUT2D eigenvalue weighted by Crippen LogP contribution is 2.54. The number of hydrogen-bond donors (Lipinski definition) is 1. The van der Waals surface area contributed by atoms with Gasteiger partial charge in [-0.1, -0.05) is 0 Å². The van der Waals surface area contributed by atoms with Crippen molar-refractivity contribution in [3.8, 4) is 11.5 Å². The van der Waals surface area contributed by atoms with E-state index in [1.807, 2.05) is 0 Å². The van der Waals surface area contributed by atoms with Gasteiger partial charge in [-0.25, -0.2) is 0 Å². The Morgan fingerprint density at radius 2 is 2.09 bits per heavy atom. The zero-order chi connectivity index (χ0) is 15.6. The highest BCUT2D eigenvalue weighted by molar-refractivity contribution is 5.54. The normalized spacial score (nSPS) is 34.4. The minimum absolute atomic E-state index is 0.00644. The number of fused-ring (bicyclic) bond motifs is 3. The third kappa shape index (κ3) is 1.69. The molecule has 1 N–H and O–H groups in total. The molecule has 0 saturated carbocycles. The van der Waals surface area contributed by atoms with Crippen molar-refractivity contribution >= 4 is 0 Å². The molecule has 0 bridgehead atoms. The van der Waals surface area contributed by atoms with Crippen LogP contribution in [0.4, 0.5) is 0 Å². The molecule has 1 aromatic carbocycles. The van der Waals surface area contributed by atoms with Gasteiger partial charge in [0.25, 0.3) is 0 Å². The van der Waals surface area contributed by atoms with E-state index in [1.165, 1.54) is 11.1 Å². The molecule has 3 atom stereocenters. The Bertz CT molecular complexity index is 701. The van der Waals surface area contributed by atoms with Crippen LogP contribution in [0.2, 0.25) is 0 Å². The lowest BCUT2D eigenvalue weighted by Crippen LogP contribution is -2.46. The van der Waals surface area contributed by atoms with Crippen LogP contribution in [0.5, 0.6) is 11.5 Å². The number of hydrogen-bond acceptors (Lipinski definition) is 5. The second-order valence-corrected chi connectivity index (χ2v) is 6.91. The molecule has 2 unspecified atom stereocenters. The van der Waals surface area contributed by atoms with Gasteiger partial charge >= 0.3 is 0 Å². The lowest BCUT2D eigenvalue weighted by molar-refractivity contribution is 0.0782. The van der Waals surface area contributed by atoms with Crippen molar-refractivity contribution in [3.63, 3.8) is 0 Å². The second kappa shape index (κ2) is 4.65. The van der Waals surface area contributed by atoms with Crippen molar-refractivity contribution in [1.29, 1.82) is 0 Å². The summed E-state index contributed by atoms with van der Waals surface area (Å²) < 4.78 is 16.6. The van der Waals surface area contributed by atoms with Crippen molar-refractivity contribution in [2.45, 2.75) is 36.8 Å². The minimum Gasteiger partial charge on any atom is -0.499 e. The van der Waals surface area contributed by atoms with Gasteiger partial charge in [-0.2, -0.15) is 0 Å². The van der Waals surface area contributed by atoms with Crippen LogP contribution in [-0.2, 0) is 11.2 Å². The molecule has 1 saturated heterocycles. The first-order valence-electron chi connectivity index (χ1n) is 8.35. The first-order valence-corrected chi connectivity index (χ1v) is 8.35. The van der Waals surface area contributed by atoms with E-state index in [0.717, 1.165) is 43.9 Å². The molecule has 5 rings (SSSR count). The van der Waals surface area contributed by atoms with Crippen molar-refractivity contribution in [3.05, 3.63) is 35.1 Å². The largest absolute Gasteiger partial charge is 0.499 e. The van der Waals surface area contributed by atoms with Crippen molar-refractivity contribution < 1.29 is 19.3 Å². The van der Waals surface area contributed by atoms with Crippen LogP contribution in [0.3, 0.4) is 0 Å². The fraction of sp³-hybridized carbons (Fsp3) is 0.556. The van der Waals surface area contributed by atoms with E-state index in [4.69, 9.17) is 14.2 Å². The zero-order valence-electron chi connectivity index (χ0n) is 13.2. The first-order chi connectivity index (χ1) is 11.2. The number of aliphatic hydroxyl groups is 1. The molecule has 0 aromatic heterocycles. The standard InChI is InChI=1S/C18H21NO4/c1-21-15-9-18-4-2-5-19(18)6-3-11-7-13-14(23-10-22-13)8-12(11)16(18)17(15)20/h7-9,16-17,20H,2-6,10H2,1H3/t16?,17?,18-/m0/s1. The molecular formula is C18H21NO4. The lowest BCUT2D eigenvalue weighted by Gasteiger charge is -2.38. The number of ether oxygens (including phenoxy) is 3. The predicted molar refractivity (Wildman–Crippen MR) is 83.6 cm³/mol. The summed E-state index contributed by atoms with van der Waals surface area (Å²) in [6.45, 7) is 2.37. The summed E-state index contributed by atoms with van der Waals surface area (Å²) in [5.41, 5.74) is 2.33. The van der Waals surface area contributed by atoms with Crippen molar-refractivity contribution in [2.24, 2.45) is 0 Å². The molecule has 122 valence electrons. The predicted octanol–water partition coefficient (Wildman–Crippen LogP) is 1.79. The van der Waals surface area contributed by atoms with E-state index in [-0.39, 0.29) is 18.2 Å². The van der Waals surface area contributed by atoms with Gasteiger partial charge in [0.1, 0.15) is 11.9 Å². The van der Waals surface area contributed by atoms with Crippen molar-refractivity contribution in [1.82, 2.24) is 4.90 Å². The molecule has 4 aliphatic rings. The summed E-state index contributed by atoms with van der Waals surface area (Å²) in [5.74, 6) is 2.33. The summed E-state index contributed by atoms with van der Waals surface area (Å²) in [7, 11) is 1.65. The first kappa shape index (κ1) is 13.7.